The quantitative estimate of drug-likeness (QED) is 0.582. The summed E-state index contributed by atoms with van der Waals surface area (Å²) in [6.07, 6.45) is 2.61. The summed E-state index contributed by atoms with van der Waals surface area (Å²) >= 11 is 6.13. The molecule has 1 aliphatic rings. The number of halogens is 1. The van der Waals surface area contributed by atoms with E-state index in [2.05, 4.69) is 69.9 Å². The van der Waals surface area contributed by atoms with Crippen LogP contribution in [0.1, 0.15) is 65.0 Å². The van der Waals surface area contributed by atoms with Crippen molar-refractivity contribution < 1.29 is 4.79 Å². The molecule has 1 atom stereocenters. The van der Waals surface area contributed by atoms with Crippen LogP contribution in [-0.2, 0) is 10.2 Å². The van der Waals surface area contributed by atoms with Crippen molar-refractivity contribution >= 4 is 23.2 Å². The van der Waals surface area contributed by atoms with Crippen LogP contribution in [0.2, 0.25) is 5.02 Å². The standard InChI is InChI=1S/C24H30ClNO/c1-6-17(7-2)22(27)26-21-11-9-8-10-20(21)24(5,16-23(26,3)4)18-12-14-19(25)15-13-18/h8-15,17H,6-7,16H2,1-5H3. The third-order valence-corrected chi connectivity index (χ3v) is 6.42. The van der Waals surface area contributed by atoms with Crippen LogP contribution in [0.5, 0.6) is 0 Å². The fourth-order valence-electron chi connectivity index (χ4n) is 4.81. The van der Waals surface area contributed by atoms with Crippen molar-refractivity contribution in [3.63, 3.8) is 0 Å². The number of carbonyl (C=O) groups is 1. The van der Waals surface area contributed by atoms with Gasteiger partial charge in [-0.3, -0.25) is 4.79 Å². The van der Waals surface area contributed by atoms with Gasteiger partial charge in [-0.05, 0) is 62.4 Å². The van der Waals surface area contributed by atoms with Gasteiger partial charge in [-0.1, -0.05) is 62.7 Å². The molecular weight excluding hydrogens is 354 g/mol. The van der Waals surface area contributed by atoms with E-state index in [4.69, 9.17) is 11.6 Å². The van der Waals surface area contributed by atoms with E-state index in [1.54, 1.807) is 0 Å². The van der Waals surface area contributed by atoms with Crippen molar-refractivity contribution in [3.8, 4) is 0 Å². The van der Waals surface area contributed by atoms with Gasteiger partial charge in [-0.15, -0.1) is 0 Å². The molecule has 0 N–H and O–H groups in total. The van der Waals surface area contributed by atoms with Crippen LogP contribution in [0.3, 0.4) is 0 Å². The Morgan fingerprint density at radius 3 is 2.22 bits per heavy atom. The molecule has 0 radical (unpaired) electrons. The van der Waals surface area contributed by atoms with Crippen molar-refractivity contribution in [3.05, 3.63) is 64.7 Å². The van der Waals surface area contributed by atoms with Gasteiger partial charge in [-0.25, -0.2) is 0 Å². The van der Waals surface area contributed by atoms with Crippen LogP contribution in [0.15, 0.2) is 48.5 Å². The minimum Gasteiger partial charge on any atom is -0.306 e. The van der Waals surface area contributed by atoms with Gasteiger partial charge in [-0.2, -0.15) is 0 Å². The lowest BCUT2D eigenvalue weighted by atomic mass is 9.65. The van der Waals surface area contributed by atoms with Crippen molar-refractivity contribution in [2.24, 2.45) is 5.92 Å². The topological polar surface area (TPSA) is 20.3 Å². The third kappa shape index (κ3) is 3.40. The summed E-state index contributed by atoms with van der Waals surface area (Å²) in [5.41, 5.74) is 3.05. The van der Waals surface area contributed by atoms with E-state index in [1.165, 1.54) is 11.1 Å². The number of carbonyl (C=O) groups excluding carboxylic acids is 1. The van der Waals surface area contributed by atoms with E-state index in [0.717, 1.165) is 30.0 Å². The number of amides is 1. The summed E-state index contributed by atoms with van der Waals surface area (Å²) in [6.45, 7) is 10.9. The molecular formula is C24H30ClNO. The molecule has 3 rings (SSSR count). The number of benzene rings is 2. The molecule has 1 heterocycles. The highest BCUT2D eigenvalue weighted by Gasteiger charge is 2.48. The molecule has 0 fully saturated rings. The maximum atomic E-state index is 13.4. The number of hydrogen-bond acceptors (Lipinski definition) is 1. The first-order valence-electron chi connectivity index (χ1n) is 9.94. The zero-order valence-electron chi connectivity index (χ0n) is 17.1. The largest absolute Gasteiger partial charge is 0.306 e. The fourth-order valence-corrected chi connectivity index (χ4v) is 4.94. The molecule has 27 heavy (non-hydrogen) atoms. The Morgan fingerprint density at radius 1 is 1.04 bits per heavy atom. The Kier molecular flexibility index (Phi) is 5.40. The molecule has 2 aromatic carbocycles. The van der Waals surface area contributed by atoms with E-state index in [1.807, 2.05) is 18.2 Å². The van der Waals surface area contributed by atoms with Gasteiger partial charge >= 0.3 is 0 Å². The number of anilines is 1. The Morgan fingerprint density at radius 2 is 1.63 bits per heavy atom. The second-order valence-electron chi connectivity index (χ2n) is 8.53. The smallest absolute Gasteiger partial charge is 0.230 e. The van der Waals surface area contributed by atoms with Gasteiger partial charge in [0, 0.05) is 27.6 Å². The summed E-state index contributed by atoms with van der Waals surface area (Å²) in [5.74, 6) is 0.313. The first-order chi connectivity index (χ1) is 12.7. The van der Waals surface area contributed by atoms with Gasteiger partial charge < -0.3 is 4.90 Å². The highest BCUT2D eigenvalue weighted by Crippen LogP contribution is 2.50. The van der Waals surface area contributed by atoms with Gasteiger partial charge in [0.1, 0.15) is 0 Å². The molecule has 0 aromatic heterocycles. The summed E-state index contributed by atoms with van der Waals surface area (Å²) in [5, 5.41) is 0.747. The molecule has 1 amide bonds. The zero-order valence-corrected chi connectivity index (χ0v) is 17.8. The molecule has 2 nitrogen and oxygen atoms in total. The first kappa shape index (κ1) is 19.9. The van der Waals surface area contributed by atoms with Crippen molar-refractivity contribution in [2.75, 3.05) is 4.90 Å². The normalized spacial score (nSPS) is 21.2. The molecule has 0 saturated heterocycles. The van der Waals surface area contributed by atoms with Crippen molar-refractivity contribution in [1.29, 1.82) is 0 Å². The number of hydrogen-bond donors (Lipinski definition) is 0. The van der Waals surface area contributed by atoms with E-state index in [-0.39, 0.29) is 22.8 Å². The SMILES string of the molecule is CCC(CC)C(=O)N1c2ccccc2C(C)(c2ccc(Cl)cc2)CC1(C)C. The van der Waals surface area contributed by atoms with Gasteiger partial charge in [0.25, 0.3) is 0 Å². The predicted molar refractivity (Wildman–Crippen MR) is 115 cm³/mol. The summed E-state index contributed by atoms with van der Waals surface area (Å²) in [7, 11) is 0. The van der Waals surface area contributed by atoms with Crippen molar-refractivity contribution in [2.45, 2.75) is 64.8 Å². The minimum absolute atomic E-state index is 0.0669. The fraction of sp³-hybridized carbons (Fsp3) is 0.458. The Labute approximate surface area is 168 Å². The molecule has 0 saturated carbocycles. The maximum Gasteiger partial charge on any atom is 0.230 e. The Balaban J connectivity index is 2.18. The highest BCUT2D eigenvalue weighted by molar-refractivity contribution is 6.30. The van der Waals surface area contributed by atoms with Gasteiger partial charge in [0.15, 0.2) is 0 Å². The number of fused-ring (bicyclic) bond motifs is 1. The monoisotopic (exact) mass is 383 g/mol. The van der Waals surface area contributed by atoms with Crippen LogP contribution < -0.4 is 4.90 Å². The van der Waals surface area contributed by atoms with E-state index in [0.29, 0.717) is 0 Å². The number of rotatable bonds is 4. The average Bonchev–Trinajstić information content (AvgIpc) is 2.62. The van der Waals surface area contributed by atoms with E-state index in [9.17, 15) is 4.79 Å². The Bertz CT molecular complexity index is 823. The van der Waals surface area contributed by atoms with Crippen LogP contribution >= 0.6 is 11.6 Å². The van der Waals surface area contributed by atoms with Crippen LogP contribution in [-0.4, -0.2) is 11.4 Å². The maximum absolute atomic E-state index is 13.4. The van der Waals surface area contributed by atoms with Crippen LogP contribution in [0, 0.1) is 5.92 Å². The molecule has 3 heteroatoms. The predicted octanol–water partition coefficient (Wildman–Crippen LogP) is 6.60. The number of para-hydroxylation sites is 1. The molecule has 0 spiro atoms. The molecule has 0 aliphatic carbocycles. The third-order valence-electron chi connectivity index (χ3n) is 6.17. The molecule has 1 unspecified atom stereocenters. The average molecular weight is 384 g/mol. The van der Waals surface area contributed by atoms with Gasteiger partial charge in [0.2, 0.25) is 5.91 Å². The van der Waals surface area contributed by atoms with E-state index < -0.39 is 0 Å². The lowest BCUT2D eigenvalue weighted by molar-refractivity contribution is -0.124. The van der Waals surface area contributed by atoms with Crippen LogP contribution in [0.4, 0.5) is 5.69 Å². The molecule has 144 valence electrons. The summed E-state index contributed by atoms with van der Waals surface area (Å²) < 4.78 is 0. The lowest BCUT2D eigenvalue weighted by Gasteiger charge is -2.52. The first-order valence-corrected chi connectivity index (χ1v) is 10.3. The molecule has 0 bridgehead atoms. The molecule has 1 aliphatic heterocycles. The minimum atomic E-state index is -0.275. The lowest BCUT2D eigenvalue weighted by Crippen LogP contribution is -2.57. The Hall–Kier alpha value is -1.80. The zero-order chi connectivity index (χ0) is 19.8. The van der Waals surface area contributed by atoms with E-state index >= 15 is 0 Å². The van der Waals surface area contributed by atoms with Crippen LogP contribution in [0.25, 0.3) is 0 Å². The number of nitrogens with zero attached hydrogens (tertiary/aromatic N) is 1. The second-order valence-corrected chi connectivity index (χ2v) is 8.97. The summed E-state index contributed by atoms with van der Waals surface area (Å²) in [6, 6.07) is 16.5. The summed E-state index contributed by atoms with van der Waals surface area (Å²) in [4.78, 5) is 15.5. The van der Waals surface area contributed by atoms with Gasteiger partial charge in [0.05, 0.1) is 0 Å². The van der Waals surface area contributed by atoms with Crippen molar-refractivity contribution in [1.82, 2.24) is 0 Å². The highest BCUT2D eigenvalue weighted by atomic mass is 35.5. The molecule has 2 aromatic rings. The second kappa shape index (κ2) is 7.31.